The summed E-state index contributed by atoms with van der Waals surface area (Å²) in [5, 5.41) is 10.8. The second-order valence-electron chi connectivity index (χ2n) is 8.12. The van der Waals surface area contributed by atoms with E-state index in [0.29, 0.717) is 24.3 Å². The Bertz CT molecular complexity index is 1160. The number of anilines is 1. The molecule has 0 spiro atoms. The molecule has 3 atom stereocenters. The molecule has 4 rings (SSSR count). The number of amides is 2. The van der Waals surface area contributed by atoms with Gasteiger partial charge in [-0.25, -0.2) is 9.29 Å². The number of para-hydroxylation sites is 1. The van der Waals surface area contributed by atoms with E-state index in [-0.39, 0.29) is 22.4 Å². The smallest absolute Gasteiger partial charge is 0.241 e. The molecule has 0 radical (unpaired) electrons. The predicted molar refractivity (Wildman–Crippen MR) is 120 cm³/mol. The molecule has 1 heterocycles. The van der Waals surface area contributed by atoms with Crippen LogP contribution in [-0.2, 0) is 9.59 Å². The van der Waals surface area contributed by atoms with Crippen LogP contribution in [0.1, 0.15) is 31.7 Å². The fraction of sp³-hybridized carbons (Fsp3) is 0.280. The van der Waals surface area contributed by atoms with Gasteiger partial charge in [0.2, 0.25) is 11.8 Å². The maximum atomic E-state index is 13.8. The lowest BCUT2D eigenvalue weighted by Gasteiger charge is -2.40. The summed E-state index contributed by atoms with van der Waals surface area (Å²) in [4.78, 5) is 28.3. The molecular formula is C25H23ClFNO4. The number of benzene rings is 2. The van der Waals surface area contributed by atoms with Crippen molar-refractivity contribution in [2.24, 2.45) is 11.3 Å². The van der Waals surface area contributed by atoms with E-state index in [0.717, 1.165) is 16.5 Å². The lowest BCUT2D eigenvalue weighted by Crippen LogP contribution is -2.41. The summed E-state index contributed by atoms with van der Waals surface area (Å²) in [6, 6.07) is 8.88. The Morgan fingerprint density at radius 1 is 1.34 bits per heavy atom. The van der Waals surface area contributed by atoms with Crippen molar-refractivity contribution in [3.05, 3.63) is 77.1 Å². The van der Waals surface area contributed by atoms with Crippen molar-refractivity contribution in [2.45, 2.75) is 26.2 Å². The zero-order valence-electron chi connectivity index (χ0n) is 17.8. The lowest BCUT2D eigenvalue weighted by atomic mass is 9.60. The fourth-order valence-electron chi connectivity index (χ4n) is 4.91. The molecule has 1 fully saturated rings. The van der Waals surface area contributed by atoms with Gasteiger partial charge in [0, 0.05) is 11.5 Å². The number of carbonyl (C=O) groups excluding carboxylic acids is 2. The first-order chi connectivity index (χ1) is 15.2. The number of carbonyl (C=O) groups is 2. The minimum Gasteiger partial charge on any atom is -0.504 e. The van der Waals surface area contributed by atoms with Crippen LogP contribution < -0.4 is 9.64 Å². The lowest BCUT2D eigenvalue weighted by molar-refractivity contribution is -0.127. The van der Waals surface area contributed by atoms with E-state index in [1.807, 2.05) is 13.0 Å². The zero-order chi connectivity index (χ0) is 23.2. The molecule has 1 aliphatic carbocycles. The number of halogens is 2. The van der Waals surface area contributed by atoms with E-state index in [1.54, 1.807) is 31.2 Å². The molecule has 5 nitrogen and oxygen atoms in total. The minimum atomic E-state index is -1.20. The average Bonchev–Trinajstić information content (AvgIpc) is 2.97. The van der Waals surface area contributed by atoms with Crippen LogP contribution in [-0.4, -0.2) is 23.5 Å². The summed E-state index contributed by atoms with van der Waals surface area (Å²) in [5.74, 6) is -2.52. The monoisotopic (exact) mass is 455 g/mol. The van der Waals surface area contributed by atoms with Crippen LogP contribution in [0.15, 0.2) is 60.7 Å². The molecule has 1 saturated heterocycles. The SMILES string of the molecule is C=CC1=CCC2C(=O)N(c3ccc(F)c(Cl)c3)C(=O)C2(C)C1c1cccc(OCC)c1O. The Labute approximate surface area is 190 Å². The summed E-state index contributed by atoms with van der Waals surface area (Å²) in [5.41, 5.74) is 0.244. The Kier molecular flexibility index (Phi) is 5.59. The molecule has 32 heavy (non-hydrogen) atoms. The highest BCUT2D eigenvalue weighted by atomic mass is 35.5. The van der Waals surface area contributed by atoms with Gasteiger partial charge in [-0.3, -0.25) is 9.59 Å². The highest BCUT2D eigenvalue weighted by Crippen LogP contribution is 2.58. The van der Waals surface area contributed by atoms with Gasteiger partial charge in [0.15, 0.2) is 11.5 Å². The third kappa shape index (κ3) is 3.13. The highest BCUT2D eigenvalue weighted by molar-refractivity contribution is 6.31. The van der Waals surface area contributed by atoms with Gasteiger partial charge in [-0.15, -0.1) is 0 Å². The third-order valence-electron chi connectivity index (χ3n) is 6.47. The molecular weight excluding hydrogens is 433 g/mol. The predicted octanol–water partition coefficient (Wildman–Crippen LogP) is 5.38. The van der Waals surface area contributed by atoms with E-state index in [1.165, 1.54) is 12.1 Å². The summed E-state index contributed by atoms with van der Waals surface area (Å²) in [6.45, 7) is 7.79. The Balaban J connectivity index is 1.88. The zero-order valence-corrected chi connectivity index (χ0v) is 18.5. The van der Waals surface area contributed by atoms with Crippen molar-refractivity contribution in [1.29, 1.82) is 0 Å². The number of aromatic hydroxyl groups is 1. The van der Waals surface area contributed by atoms with Crippen LogP contribution in [0, 0.1) is 17.2 Å². The molecule has 0 aromatic heterocycles. The molecule has 7 heteroatoms. The maximum Gasteiger partial charge on any atom is 0.241 e. The Morgan fingerprint density at radius 2 is 2.09 bits per heavy atom. The topological polar surface area (TPSA) is 66.8 Å². The fourth-order valence-corrected chi connectivity index (χ4v) is 5.08. The van der Waals surface area contributed by atoms with Gasteiger partial charge in [-0.05, 0) is 50.1 Å². The molecule has 2 aromatic rings. The van der Waals surface area contributed by atoms with E-state index in [4.69, 9.17) is 16.3 Å². The van der Waals surface area contributed by atoms with Crippen LogP contribution in [0.3, 0.4) is 0 Å². The molecule has 3 unspecified atom stereocenters. The van der Waals surface area contributed by atoms with Crippen LogP contribution in [0.25, 0.3) is 0 Å². The van der Waals surface area contributed by atoms with Gasteiger partial charge in [-0.2, -0.15) is 0 Å². The number of phenolic OH excluding ortho intramolecular Hbond substituents is 1. The van der Waals surface area contributed by atoms with E-state index in [9.17, 15) is 19.1 Å². The summed E-state index contributed by atoms with van der Waals surface area (Å²) < 4.78 is 19.2. The van der Waals surface area contributed by atoms with Crippen molar-refractivity contribution in [3.63, 3.8) is 0 Å². The van der Waals surface area contributed by atoms with Crippen LogP contribution in [0.5, 0.6) is 11.5 Å². The first kappa shape index (κ1) is 22.1. The van der Waals surface area contributed by atoms with E-state index >= 15 is 0 Å². The molecule has 2 amide bonds. The normalized spacial score (nSPS) is 24.9. The van der Waals surface area contributed by atoms with Crippen molar-refractivity contribution >= 4 is 29.1 Å². The van der Waals surface area contributed by atoms with Gasteiger partial charge in [0.05, 0.1) is 28.6 Å². The Hall–Kier alpha value is -3.12. The molecule has 0 saturated carbocycles. The number of fused-ring (bicyclic) bond motifs is 1. The molecule has 0 bridgehead atoms. The van der Waals surface area contributed by atoms with Crippen LogP contribution in [0.2, 0.25) is 5.02 Å². The number of imide groups is 1. The standard InChI is InChI=1S/C25H23ClFNO4/c1-4-14-9-11-17-23(30)28(15-10-12-19(27)18(26)13-15)24(31)25(17,3)21(14)16-7-6-8-20(22(16)29)32-5-2/h4,6-10,12-13,17,21,29H,1,5,11H2,2-3H3. The number of hydrogen-bond acceptors (Lipinski definition) is 4. The summed E-state index contributed by atoms with van der Waals surface area (Å²) in [6.07, 6.45) is 3.87. The minimum absolute atomic E-state index is 0.0718. The number of ether oxygens (including phenoxy) is 1. The number of nitrogens with zero attached hydrogens (tertiary/aromatic N) is 1. The first-order valence-electron chi connectivity index (χ1n) is 10.4. The van der Waals surface area contributed by atoms with Gasteiger partial charge < -0.3 is 9.84 Å². The second kappa shape index (κ2) is 8.10. The molecule has 1 aliphatic heterocycles. The van der Waals surface area contributed by atoms with Crippen molar-refractivity contribution in [1.82, 2.24) is 0 Å². The molecule has 2 aromatic carbocycles. The van der Waals surface area contributed by atoms with Gasteiger partial charge in [0.25, 0.3) is 0 Å². The third-order valence-corrected chi connectivity index (χ3v) is 6.76. The highest BCUT2D eigenvalue weighted by Gasteiger charge is 2.62. The number of allylic oxidation sites excluding steroid dienone is 3. The first-order valence-corrected chi connectivity index (χ1v) is 10.7. The number of rotatable bonds is 5. The van der Waals surface area contributed by atoms with Crippen molar-refractivity contribution < 1.29 is 23.8 Å². The maximum absolute atomic E-state index is 13.8. The average molecular weight is 456 g/mol. The van der Waals surface area contributed by atoms with E-state index < -0.39 is 29.0 Å². The summed E-state index contributed by atoms with van der Waals surface area (Å²) >= 11 is 5.92. The van der Waals surface area contributed by atoms with Crippen LogP contribution in [0.4, 0.5) is 10.1 Å². The quantitative estimate of drug-likeness (QED) is 0.615. The van der Waals surface area contributed by atoms with E-state index in [2.05, 4.69) is 6.58 Å². The Morgan fingerprint density at radius 3 is 2.75 bits per heavy atom. The molecule has 1 N–H and O–H groups in total. The van der Waals surface area contributed by atoms with Crippen molar-refractivity contribution in [3.8, 4) is 11.5 Å². The second-order valence-corrected chi connectivity index (χ2v) is 8.52. The molecule has 166 valence electrons. The van der Waals surface area contributed by atoms with Gasteiger partial charge >= 0.3 is 0 Å². The van der Waals surface area contributed by atoms with Crippen LogP contribution >= 0.6 is 11.6 Å². The molecule has 2 aliphatic rings. The summed E-state index contributed by atoms with van der Waals surface area (Å²) in [7, 11) is 0. The van der Waals surface area contributed by atoms with Gasteiger partial charge in [-0.1, -0.05) is 42.5 Å². The largest absolute Gasteiger partial charge is 0.504 e. The number of hydrogen-bond donors (Lipinski definition) is 1. The van der Waals surface area contributed by atoms with Crippen molar-refractivity contribution in [2.75, 3.05) is 11.5 Å². The number of phenols is 1. The van der Waals surface area contributed by atoms with Gasteiger partial charge in [0.1, 0.15) is 5.82 Å².